The van der Waals surface area contributed by atoms with Crippen molar-refractivity contribution in [2.45, 2.75) is 27.3 Å². The first-order chi connectivity index (χ1) is 13.0. The predicted octanol–water partition coefficient (Wildman–Crippen LogP) is 3.04. The van der Waals surface area contributed by atoms with E-state index in [1.165, 1.54) is 4.57 Å². The van der Waals surface area contributed by atoms with Crippen LogP contribution in [0.5, 0.6) is 0 Å². The van der Waals surface area contributed by atoms with Crippen LogP contribution >= 0.6 is 0 Å². The van der Waals surface area contributed by atoms with Gasteiger partial charge in [0, 0.05) is 17.7 Å². The molecule has 7 nitrogen and oxygen atoms in total. The SMILES string of the molecule is CCn1c(=O)c(=O)[nH]c2cc(-c3noc(-c4cc(C)cc(C)c4)n3)ccc21. The van der Waals surface area contributed by atoms with E-state index in [0.717, 1.165) is 16.7 Å². The molecule has 2 heterocycles. The van der Waals surface area contributed by atoms with Crippen molar-refractivity contribution < 1.29 is 4.52 Å². The van der Waals surface area contributed by atoms with Gasteiger partial charge in [0.15, 0.2) is 0 Å². The lowest BCUT2D eigenvalue weighted by atomic mass is 10.1. The third kappa shape index (κ3) is 2.97. The number of fused-ring (bicyclic) bond motifs is 1. The smallest absolute Gasteiger partial charge is 0.316 e. The topological polar surface area (TPSA) is 93.8 Å². The van der Waals surface area contributed by atoms with Crippen LogP contribution in [0.3, 0.4) is 0 Å². The van der Waals surface area contributed by atoms with Crippen molar-refractivity contribution >= 4 is 11.0 Å². The number of aromatic amines is 1. The lowest BCUT2D eigenvalue weighted by Gasteiger charge is -2.07. The largest absolute Gasteiger partial charge is 0.334 e. The number of benzene rings is 2. The molecule has 0 aliphatic rings. The first kappa shape index (κ1) is 17.0. The Morgan fingerprint density at radius 3 is 2.48 bits per heavy atom. The molecular weight excluding hydrogens is 344 g/mol. The number of nitrogens with one attached hydrogen (secondary N) is 1. The normalized spacial score (nSPS) is 11.2. The number of hydrogen-bond acceptors (Lipinski definition) is 5. The van der Waals surface area contributed by atoms with Crippen LogP contribution in [0.25, 0.3) is 33.9 Å². The molecule has 4 rings (SSSR count). The van der Waals surface area contributed by atoms with Crippen molar-refractivity contribution in [3.8, 4) is 22.8 Å². The summed E-state index contributed by atoms with van der Waals surface area (Å²) in [6, 6.07) is 11.4. The molecule has 0 radical (unpaired) electrons. The van der Waals surface area contributed by atoms with E-state index in [-0.39, 0.29) is 0 Å². The van der Waals surface area contributed by atoms with Crippen LogP contribution in [0.4, 0.5) is 0 Å². The molecule has 7 heteroatoms. The molecular formula is C20H18N4O3. The zero-order valence-corrected chi connectivity index (χ0v) is 15.2. The Hall–Kier alpha value is -3.48. The van der Waals surface area contributed by atoms with Crippen molar-refractivity contribution in [2.75, 3.05) is 0 Å². The fourth-order valence-corrected chi connectivity index (χ4v) is 3.29. The third-order valence-corrected chi connectivity index (χ3v) is 4.44. The van der Waals surface area contributed by atoms with E-state index in [1.807, 2.05) is 39.0 Å². The second-order valence-electron chi connectivity index (χ2n) is 6.53. The van der Waals surface area contributed by atoms with Crippen molar-refractivity contribution in [3.63, 3.8) is 0 Å². The highest BCUT2D eigenvalue weighted by Gasteiger charge is 2.13. The Kier molecular flexibility index (Phi) is 3.99. The molecule has 0 saturated heterocycles. The molecule has 0 atom stereocenters. The highest BCUT2D eigenvalue weighted by atomic mass is 16.5. The van der Waals surface area contributed by atoms with Crippen LogP contribution in [0.2, 0.25) is 0 Å². The molecule has 1 N–H and O–H groups in total. The van der Waals surface area contributed by atoms with Crippen LogP contribution in [-0.2, 0) is 6.54 Å². The van der Waals surface area contributed by atoms with Gasteiger partial charge >= 0.3 is 11.1 Å². The van der Waals surface area contributed by atoms with Gasteiger partial charge in [-0.2, -0.15) is 4.98 Å². The molecule has 4 aromatic rings. The summed E-state index contributed by atoms with van der Waals surface area (Å²) in [6.45, 7) is 6.27. The zero-order valence-electron chi connectivity index (χ0n) is 15.2. The van der Waals surface area contributed by atoms with E-state index in [1.54, 1.807) is 12.1 Å². The Morgan fingerprint density at radius 2 is 1.78 bits per heavy atom. The number of H-pyrrole nitrogens is 1. The van der Waals surface area contributed by atoms with Gasteiger partial charge in [-0.25, -0.2) is 0 Å². The maximum Gasteiger partial charge on any atom is 0.316 e. The summed E-state index contributed by atoms with van der Waals surface area (Å²) >= 11 is 0. The van der Waals surface area contributed by atoms with Crippen molar-refractivity contribution in [1.82, 2.24) is 19.7 Å². The van der Waals surface area contributed by atoms with Crippen LogP contribution in [0, 0.1) is 13.8 Å². The van der Waals surface area contributed by atoms with E-state index in [0.29, 0.717) is 34.9 Å². The minimum atomic E-state index is -0.648. The number of rotatable bonds is 3. The van der Waals surface area contributed by atoms with Crippen LogP contribution < -0.4 is 11.1 Å². The van der Waals surface area contributed by atoms with Crippen molar-refractivity contribution in [3.05, 3.63) is 68.2 Å². The molecule has 0 unspecified atom stereocenters. The summed E-state index contributed by atoms with van der Waals surface area (Å²) in [5, 5.41) is 4.06. The van der Waals surface area contributed by atoms with Gasteiger partial charge in [0.05, 0.1) is 11.0 Å². The molecule has 0 amide bonds. The Morgan fingerprint density at radius 1 is 1.04 bits per heavy atom. The predicted molar refractivity (Wildman–Crippen MR) is 103 cm³/mol. The number of aryl methyl sites for hydroxylation is 3. The standard InChI is InChI=1S/C20H18N4O3/c1-4-24-16-6-5-13(10-15(16)21-18(25)20(24)26)17-22-19(27-23-17)14-8-11(2)7-12(3)9-14/h5-10H,4H2,1-3H3,(H,21,25). The summed E-state index contributed by atoms with van der Waals surface area (Å²) in [7, 11) is 0. The zero-order chi connectivity index (χ0) is 19.1. The van der Waals surface area contributed by atoms with Crippen LogP contribution in [-0.4, -0.2) is 19.7 Å². The van der Waals surface area contributed by atoms with Gasteiger partial charge in [0.25, 0.3) is 5.89 Å². The molecule has 27 heavy (non-hydrogen) atoms. The summed E-state index contributed by atoms with van der Waals surface area (Å²) in [6.07, 6.45) is 0. The average Bonchev–Trinajstić information content (AvgIpc) is 3.12. The van der Waals surface area contributed by atoms with Crippen LogP contribution in [0.1, 0.15) is 18.1 Å². The molecule has 0 saturated carbocycles. The quantitative estimate of drug-likeness (QED) is 0.565. The van der Waals surface area contributed by atoms with Gasteiger partial charge in [-0.3, -0.25) is 9.59 Å². The van der Waals surface area contributed by atoms with Gasteiger partial charge in [-0.1, -0.05) is 22.3 Å². The van der Waals surface area contributed by atoms with E-state index < -0.39 is 11.1 Å². The first-order valence-corrected chi connectivity index (χ1v) is 8.66. The van der Waals surface area contributed by atoms with Gasteiger partial charge in [0.1, 0.15) is 0 Å². The molecule has 2 aromatic heterocycles. The maximum absolute atomic E-state index is 12.0. The van der Waals surface area contributed by atoms with Gasteiger partial charge in [-0.05, 0) is 51.1 Å². The van der Waals surface area contributed by atoms with Gasteiger partial charge < -0.3 is 14.1 Å². The monoisotopic (exact) mass is 362 g/mol. The van der Waals surface area contributed by atoms with Crippen LogP contribution in [0.15, 0.2) is 50.5 Å². The van der Waals surface area contributed by atoms with E-state index in [9.17, 15) is 9.59 Å². The minimum absolute atomic E-state index is 0.414. The van der Waals surface area contributed by atoms with Gasteiger partial charge in [-0.15, -0.1) is 0 Å². The fourth-order valence-electron chi connectivity index (χ4n) is 3.29. The molecule has 0 fully saturated rings. The third-order valence-electron chi connectivity index (χ3n) is 4.44. The van der Waals surface area contributed by atoms with E-state index in [2.05, 4.69) is 21.2 Å². The number of hydrogen-bond donors (Lipinski definition) is 1. The Bertz CT molecular complexity index is 1260. The first-order valence-electron chi connectivity index (χ1n) is 8.66. The molecule has 0 bridgehead atoms. The summed E-state index contributed by atoms with van der Waals surface area (Å²) in [5.41, 5.74) is 3.79. The molecule has 2 aromatic carbocycles. The van der Waals surface area contributed by atoms with Gasteiger partial charge in [0.2, 0.25) is 5.82 Å². The number of nitrogens with zero attached hydrogens (tertiary/aromatic N) is 3. The average molecular weight is 362 g/mol. The summed E-state index contributed by atoms with van der Waals surface area (Å²) in [5.74, 6) is 0.852. The molecule has 0 aliphatic heterocycles. The summed E-state index contributed by atoms with van der Waals surface area (Å²) in [4.78, 5) is 30.9. The molecule has 0 spiro atoms. The Labute approximate surface area is 154 Å². The molecule has 0 aliphatic carbocycles. The lowest BCUT2D eigenvalue weighted by molar-refractivity contribution is 0.432. The maximum atomic E-state index is 12.0. The number of aromatic nitrogens is 4. The second kappa shape index (κ2) is 6.35. The second-order valence-corrected chi connectivity index (χ2v) is 6.53. The lowest BCUT2D eigenvalue weighted by Crippen LogP contribution is -2.35. The highest BCUT2D eigenvalue weighted by Crippen LogP contribution is 2.25. The molecule has 136 valence electrons. The highest BCUT2D eigenvalue weighted by molar-refractivity contribution is 5.80. The summed E-state index contributed by atoms with van der Waals surface area (Å²) < 4.78 is 6.87. The van der Waals surface area contributed by atoms with Crippen molar-refractivity contribution in [1.29, 1.82) is 0 Å². The van der Waals surface area contributed by atoms with E-state index in [4.69, 9.17) is 4.52 Å². The fraction of sp³-hybridized carbons (Fsp3) is 0.200. The van der Waals surface area contributed by atoms with Crippen molar-refractivity contribution in [2.24, 2.45) is 0 Å². The Balaban J connectivity index is 1.82. The van der Waals surface area contributed by atoms with E-state index >= 15 is 0 Å². The minimum Gasteiger partial charge on any atom is -0.334 e.